The topological polar surface area (TPSA) is 51.2 Å². The van der Waals surface area contributed by atoms with Crippen LogP contribution in [-0.4, -0.2) is 18.0 Å². The first-order valence-corrected chi connectivity index (χ1v) is 6.05. The molecule has 0 saturated heterocycles. The Kier molecular flexibility index (Phi) is 4.02. The van der Waals surface area contributed by atoms with E-state index in [4.69, 9.17) is 16.3 Å². The Labute approximate surface area is 116 Å². The number of hydrogen-bond donors (Lipinski definition) is 1. The molecule has 1 heterocycles. The van der Waals surface area contributed by atoms with Gasteiger partial charge in [-0.2, -0.15) is 0 Å². The van der Waals surface area contributed by atoms with Crippen LogP contribution in [-0.2, 0) is 0 Å². The number of carbonyl (C=O) groups is 1. The summed E-state index contributed by atoms with van der Waals surface area (Å²) >= 11 is 6.00. The number of nitrogens with one attached hydrogen (secondary N) is 1. The Morgan fingerprint density at radius 3 is 2.79 bits per heavy atom. The molecule has 1 aromatic carbocycles. The van der Waals surface area contributed by atoms with E-state index in [0.29, 0.717) is 22.0 Å². The number of aromatic nitrogens is 1. The third-order valence-electron chi connectivity index (χ3n) is 2.67. The lowest BCUT2D eigenvalue weighted by Crippen LogP contribution is -2.13. The fraction of sp³-hybridized carbons (Fsp3) is 0.143. The smallest absolute Gasteiger partial charge is 0.256 e. The number of benzene rings is 1. The van der Waals surface area contributed by atoms with Gasteiger partial charge in [0.25, 0.3) is 5.91 Å². The fourth-order valence-electron chi connectivity index (χ4n) is 1.67. The molecule has 5 heteroatoms. The molecule has 1 amide bonds. The zero-order valence-electron chi connectivity index (χ0n) is 10.6. The minimum absolute atomic E-state index is 0.193. The summed E-state index contributed by atoms with van der Waals surface area (Å²) in [5.74, 6) is 0.376. The van der Waals surface area contributed by atoms with Gasteiger partial charge >= 0.3 is 0 Å². The van der Waals surface area contributed by atoms with Gasteiger partial charge in [-0.25, -0.2) is 0 Å². The van der Waals surface area contributed by atoms with E-state index >= 15 is 0 Å². The summed E-state index contributed by atoms with van der Waals surface area (Å²) in [6.07, 6.45) is 3.23. The zero-order valence-corrected chi connectivity index (χ0v) is 11.4. The SMILES string of the molecule is COc1ccc(NC(=O)c2ccncc2C)cc1Cl. The predicted octanol–water partition coefficient (Wildman–Crippen LogP) is 3.30. The number of methoxy groups -OCH3 is 1. The summed E-state index contributed by atoms with van der Waals surface area (Å²) in [6.45, 7) is 1.84. The Bertz CT molecular complexity index is 614. The van der Waals surface area contributed by atoms with Crippen molar-refractivity contribution in [2.24, 2.45) is 0 Å². The van der Waals surface area contributed by atoms with E-state index in [1.807, 2.05) is 6.92 Å². The van der Waals surface area contributed by atoms with Gasteiger partial charge in [0.05, 0.1) is 12.1 Å². The molecule has 0 bridgehead atoms. The molecular formula is C14H13ClN2O2. The van der Waals surface area contributed by atoms with Crippen LogP contribution < -0.4 is 10.1 Å². The predicted molar refractivity (Wildman–Crippen MR) is 74.9 cm³/mol. The molecule has 4 nitrogen and oxygen atoms in total. The van der Waals surface area contributed by atoms with Crippen molar-refractivity contribution >= 4 is 23.2 Å². The Morgan fingerprint density at radius 2 is 2.16 bits per heavy atom. The van der Waals surface area contributed by atoms with E-state index in [1.165, 1.54) is 0 Å². The number of carbonyl (C=O) groups excluding carboxylic acids is 1. The molecule has 0 radical (unpaired) electrons. The lowest BCUT2D eigenvalue weighted by Gasteiger charge is -2.09. The van der Waals surface area contributed by atoms with Crippen molar-refractivity contribution in [3.63, 3.8) is 0 Å². The summed E-state index contributed by atoms with van der Waals surface area (Å²) in [5.41, 5.74) is 2.02. The average Bonchev–Trinajstić information content (AvgIpc) is 2.39. The van der Waals surface area contributed by atoms with E-state index in [0.717, 1.165) is 5.56 Å². The van der Waals surface area contributed by atoms with Crippen molar-refractivity contribution in [3.05, 3.63) is 52.8 Å². The van der Waals surface area contributed by atoms with Gasteiger partial charge in [0.1, 0.15) is 5.75 Å². The molecule has 1 N–H and O–H groups in total. The van der Waals surface area contributed by atoms with Crippen molar-refractivity contribution in [1.82, 2.24) is 4.98 Å². The molecule has 0 unspecified atom stereocenters. The van der Waals surface area contributed by atoms with E-state index in [-0.39, 0.29) is 5.91 Å². The first kappa shape index (κ1) is 13.4. The largest absolute Gasteiger partial charge is 0.495 e. The highest BCUT2D eigenvalue weighted by atomic mass is 35.5. The molecule has 0 saturated carbocycles. The van der Waals surface area contributed by atoms with Crippen LogP contribution in [0.15, 0.2) is 36.7 Å². The number of ether oxygens (including phenoxy) is 1. The monoisotopic (exact) mass is 276 g/mol. The highest BCUT2D eigenvalue weighted by molar-refractivity contribution is 6.32. The molecule has 0 aliphatic carbocycles. The third-order valence-corrected chi connectivity index (χ3v) is 2.97. The molecule has 2 aromatic rings. The molecule has 2 rings (SSSR count). The Hall–Kier alpha value is -2.07. The van der Waals surface area contributed by atoms with Crippen molar-refractivity contribution in [3.8, 4) is 5.75 Å². The second-order valence-electron chi connectivity index (χ2n) is 3.99. The minimum atomic E-state index is -0.193. The second-order valence-corrected chi connectivity index (χ2v) is 4.40. The zero-order chi connectivity index (χ0) is 13.8. The highest BCUT2D eigenvalue weighted by Gasteiger charge is 2.10. The maximum atomic E-state index is 12.1. The molecule has 0 spiro atoms. The van der Waals surface area contributed by atoms with Gasteiger partial charge in [-0.15, -0.1) is 0 Å². The summed E-state index contributed by atoms with van der Waals surface area (Å²) in [7, 11) is 1.54. The maximum absolute atomic E-state index is 12.1. The third kappa shape index (κ3) is 3.03. The number of hydrogen-bond acceptors (Lipinski definition) is 3. The van der Waals surface area contributed by atoms with E-state index in [9.17, 15) is 4.79 Å². The van der Waals surface area contributed by atoms with Crippen molar-refractivity contribution in [2.45, 2.75) is 6.92 Å². The molecule has 1 aromatic heterocycles. The lowest BCUT2D eigenvalue weighted by molar-refractivity contribution is 0.102. The molecule has 0 aliphatic heterocycles. The average molecular weight is 277 g/mol. The van der Waals surface area contributed by atoms with Crippen molar-refractivity contribution in [2.75, 3.05) is 12.4 Å². The number of halogens is 1. The molecule has 0 aliphatic rings. The van der Waals surface area contributed by atoms with Gasteiger partial charge in [0, 0.05) is 23.6 Å². The summed E-state index contributed by atoms with van der Waals surface area (Å²) in [6, 6.07) is 6.76. The van der Waals surface area contributed by atoms with Crippen LogP contribution in [0.5, 0.6) is 5.75 Å². The maximum Gasteiger partial charge on any atom is 0.256 e. The summed E-state index contributed by atoms with van der Waals surface area (Å²) in [5, 5.41) is 3.24. The van der Waals surface area contributed by atoms with Crippen LogP contribution in [0.1, 0.15) is 15.9 Å². The highest BCUT2D eigenvalue weighted by Crippen LogP contribution is 2.27. The van der Waals surface area contributed by atoms with Gasteiger partial charge in [-0.05, 0) is 36.8 Å². The van der Waals surface area contributed by atoms with Gasteiger partial charge in [-0.3, -0.25) is 9.78 Å². The first-order valence-electron chi connectivity index (χ1n) is 5.67. The van der Waals surface area contributed by atoms with E-state index < -0.39 is 0 Å². The summed E-state index contributed by atoms with van der Waals surface area (Å²) < 4.78 is 5.06. The van der Waals surface area contributed by atoms with Gasteiger partial charge in [-0.1, -0.05) is 11.6 Å². The second kappa shape index (κ2) is 5.71. The molecular weight excluding hydrogens is 264 g/mol. The number of amides is 1. The Morgan fingerprint density at radius 1 is 1.37 bits per heavy atom. The molecule has 0 atom stereocenters. The van der Waals surface area contributed by atoms with Gasteiger partial charge in [0.2, 0.25) is 0 Å². The van der Waals surface area contributed by atoms with E-state index in [2.05, 4.69) is 10.3 Å². The standard InChI is InChI=1S/C14H13ClN2O2/c1-9-8-16-6-5-11(9)14(18)17-10-3-4-13(19-2)12(15)7-10/h3-8H,1-2H3,(H,17,18). The minimum Gasteiger partial charge on any atom is -0.495 e. The number of anilines is 1. The van der Waals surface area contributed by atoms with Gasteiger partial charge in [0.15, 0.2) is 0 Å². The van der Waals surface area contributed by atoms with Crippen LogP contribution in [0.4, 0.5) is 5.69 Å². The molecule has 0 fully saturated rings. The lowest BCUT2D eigenvalue weighted by atomic mass is 10.1. The van der Waals surface area contributed by atoms with Crippen molar-refractivity contribution < 1.29 is 9.53 Å². The van der Waals surface area contributed by atoms with Gasteiger partial charge < -0.3 is 10.1 Å². The number of nitrogens with zero attached hydrogens (tertiary/aromatic N) is 1. The fourth-order valence-corrected chi connectivity index (χ4v) is 1.93. The summed E-state index contributed by atoms with van der Waals surface area (Å²) in [4.78, 5) is 16.0. The quantitative estimate of drug-likeness (QED) is 0.936. The van der Waals surface area contributed by atoms with Crippen LogP contribution in [0.2, 0.25) is 5.02 Å². The van der Waals surface area contributed by atoms with Crippen molar-refractivity contribution in [1.29, 1.82) is 0 Å². The van der Waals surface area contributed by atoms with E-state index in [1.54, 1.807) is 43.8 Å². The number of pyridine rings is 1. The Balaban J connectivity index is 2.20. The molecule has 98 valence electrons. The number of aryl methyl sites for hydroxylation is 1. The number of rotatable bonds is 3. The van der Waals surface area contributed by atoms with Crippen LogP contribution in [0.25, 0.3) is 0 Å². The van der Waals surface area contributed by atoms with Crippen LogP contribution in [0, 0.1) is 6.92 Å². The van der Waals surface area contributed by atoms with Crippen LogP contribution in [0.3, 0.4) is 0 Å². The molecule has 19 heavy (non-hydrogen) atoms. The normalized spacial score (nSPS) is 10.1. The first-order chi connectivity index (χ1) is 9.11. The van der Waals surface area contributed by atoms with Crippen LogP contribution >= 0.6 is 11.6 Å².